The SMILES string of the molecule is COCCCN(Cc1ccc(F)cc1)C(=O)C1CCS(=O)(=O)C1. The molecule has 1 aliphatic rings. The summed E-state index contributed by atoms with van der Waals surface area (Å²) in [6, 6.07) is 5.98. The standard InChI is InChI=1S/C16H22FNO4S/c1-22-9-2-8-18(11-13-3-5-15(17)6-4-13)16(19)14-7-10-23(20,21)12-14/h3-6,14H,2,7-12H2,1H3. The van der Waals surface area contributed by atoms with Crippen LogP contribution in [0.3, 0.4) is 0 Å². The van der Waals surface area contributed by atoms with E-state index in [0.717, 1.165) is 5.56 Å². The van der Waals surface area contributed by atoms with Gasteiger partial charge < -0.3 is 9.64 Å². The van der Waals surface area contributed by atoms with Gasteiger partial charge in [-0.3, -0.25) is 4.79 Å². The van der Waals surface area contributed by atoms with Crippen LogP contribution in [-0.2, 0) is 25.9 Å². The van der Waals surface area contributed by atoms with E-state index < -0.39 is 15.8 Å². The summed E-state index contributed by atoms with van der Waals surface area (Å²) in [6.45, 7) is 1.36. The fraction of sp³-hybridized carbons (Fsp3) is 0.562. The van der Waals surface area contributed by atoms with E-state index in [4.69, 9.17) is 4.74 Å². The second-order valence-corrected chi connectivity index (χ2v) is 8.06. The average Bonchev–Trinajstić information content (AvgIpc) is 2.88. The Balaban J connectivity index is 2.06. The summed E-state index contributed by atoms with van der Waals surface area (Å²) in [7, 11) is -1.51. The summed E-state index contributed by atoms with van der Waals surface area (Å²) >= 11 is 0. The number of benzene rings is 1. The van der Waals surface area contributed by atoms with Crippen molar-refractivity contribution in [2.24, 2.45) is 5.92 Å². The Morgan fingerprint density at radius 3 is 2.61 bits per heavy atom. The number of carbonyl (C=O) groups is 1. The van der Waals surface area contributed by atoms with Crippen molar-refractivity contribution in [1.29, 1.82) is 0 Å². The second kappa shape index (κ2) is 7.88. The molecule has 1 atom stereocenters. The highest BCUT2D eigenvalue weighted by atomic mass is 32.2. The predicted molar refractivity (Wildman–Crippen MR) is 85.1 cm³/mol. The van der Waals surface area contributed by atoms with Crippen molar-refractivity contribution >= 4 is 15.7 Å². The summed E-state index contributed by atoms with van der Waals surface area (Å²) in [4.78, 5) is 14.3. The lowest BCUT2D eigenvalue weighted by molar-refractivity contribution is -0.135. The Bertz CT molecular complexity index is 630. The Kier molecular flexibility index (Phi) is 6.12. The Labute approximate surface area is 136 Å². The largest absolute Gasteiger partial charge is 0.385 e. The molecule has 0 spiro atoms. The number of methoxy groups -OCH3 is 1. The van der Waals surface area contributed by atoms with Crippen LogP contribution in [-0.4, -0.2) is 51.0 Å². The lowest BCUT2D eigenvalue weighted by atomic mass is 10.1. The van der Waals surface area contributed by atoms with E-state index in [2.05, 4.69) is 0 Å². The molecule has 23 heavy (non-hydrogen) atoms. The number of hydrogen-bond donors (Lipinski definition) is 0. The number of nitrogens with zero attached hydrogens (tertiary/aromatic N) is 1. The van der Waals surface area contributed by atoms with Crippen LogP contribution in [0.5, 0.6) is 0 Å². The maximum absolute atomic E-state index is 13.0. The molecule has 1 fully saturated rings. The van der Waals surface area contributed by atoms with Gasteiger partial charge in [-0.25, -0.2) is 12.8 Å². The van der Waals surface area contributed by atoms with E-state index in [0.29, 0.717) is 32.5 Å². The first-order valence-electron chi connectivity index (χ1n) is 7.64. The minimum absolute atomic E-state index is 0.0734. The summed E-state index contributed by atoms with van der Waals surface area (Å²) in [5.41, 5.74) is 0.818. The molecule has 1 amide bonds. The van der Waals surface area contributed by atoms with Crippen molar-refractivity contribution in [3.63, 3.8) is 0 Å². The number of carbonyl (C=O) groups excluding carboxylic acids is 1. The third-order valence-electron chi connectivity index (χ3n) is 3.96. The summed E-state index contributed by atoms with van der Waals surface area (Å²) in [5, 5.41) is 0. The first-order chi connectivity index (χ1) is 10.9. The highest BCUT2D eigenvalue weighted by Gasteiger charge is 2.35. The van der Waals surface area contributed by atoms with Crippen LogP contribution < -0.4 is 0 Å². The van der Waals surface area contributed by atoms with E-state index in [1.165, 1.54) is 12.1 Å². The molecule has 1 heterocycles. The molecule has 0 bridgehead atoms. The van der Waals surface area contributed by atoms with Gasteiger partial charge in [0.15, 0.2) is 9.84 Å². The van der Waals surface area contributed by atoms with Crippen molar-refractivity contribution < 1.29 is 22.3 Å². The van der Waals surface area contributed by atoms with E-state index in [1.54, 1.807) is 24.1 Å². The molecule has 2 rings (SSSR count). The molecule has 0 N–H and O–H groups in total. The zero-order valence-corrected chi connectivity index (χ0v) is 14.0. The third-order valence-corrected chi connectivity index (χ3v) is 5.72. The zero-order chi connectivity index (χ0) is 16.9. The van der Waals surface area contributed by atoms with Gasteiger partial charge in [0.2, 0.25) is 5.91 Å². The van der Waals surface area contributed by atoms with Crippen molar-refractivity contribution in [3.8, 4) is 0 Å². The molecule has 0 radical (unpaired) electrons. The number of sulfone groups is 1. The van der Waals surface area contributed by atoms with E-state index >= 15 is 0 Å². The molecule has 1 saturated heterocycles. The first-order valence-corrected chi connectivity index (χ1v) is 9.46. The van der Waals surface area contributed by atoms with Gasteiger partial charge >= 0.3 is 0 Å². The molecule has 0 aromatic heterocycles. The van der Waals surface area contributed by atoms with Crippen molar-refractivity contribution in [1.82, 2.24) is 4.90 Å². The maximum Gasteiger partial charge on any atom is 0.227 e. The van der Waals surface area contributed by atoms with Gasteiger partial charge in [-0.15, -0.1) is 0 Å². The van der Waals surface area contributed by atoms with E-state index in [9.17, 15) is 17.6 Å². The number of ether oxygens (including phenoxy) is 1. The summed E-state index contributed by atoms with van der Waals surface area (Å²) in [6.07, 6.45) is 1.05. The van der Waals surface area contributed by atoms with Crippen LogP contribution in [0.4, 0.5) is 4.39 Å². The molecule has 1 aromatic rings. The van der Waals surface area contributed by atoms with Gasteiger partial charge in [0, 0.05) is 26.8 Å². The topological polar surface area (TPSA) is 63.7 Å². The lowest BCUT2D eigenvalue weighted by Crippen LogP contribution is -2.37. The van der Waals surface area contributed by atoms with Crippen LogP contribution in [0.1, 0.15) is 18.4 Å². The zero-order valence-electron chi connectivity index (χ0n) is 13.2. The monoisotopic (exact) mass is 343 g/mol. The molecule has 1 aliphatic heterocycles. The third kappa shape index (κ3) is 5.28. The molecular formula is C16H22FNO4S. The Morgan fingerprint density at radius 2 is 2.04 bits per heavy atom. The molecular weight excluding hydrogens is 321 g/mol. The van der Waals surface area contributed by atoms with Crippen LogP contribution in [0, 0.1) is 11.7 Å². The summed E-state index contributed by atoms with van der Waals surface area (Å²) in [5.74, 6) is -0.940. The van der Waals surface area contributed by atoms with Crippen LogP contribution in [0.15, 0.2) is 24.3 Å². The van der Waals surface area contributed by atoms with Crippen molar-refractivity contribution in [2.75, 3.05) is 31.8 Å². The molecule has 7 heteroatoms. The Hall–Kier alpha value is -1.47. The second-order valence-electron chi connectivity index (χ2n) is 5.83. The molecule has 128 valence electrons. The van der Waals surface area contributed by atoms with E-state index in [1.807, 2.05) is 0 Å². The lowest BCUT2D eigenvalue weighted by Gasteiger charge is -2.25. The van der Waals surface area contributed by atoms with Gasteiger partial charge in [-0.2, -0.15) is 0 Å². The van der Waals surface area contributed by atoms with Crippen molar-refractivity contribution in [3.05, 3.63) is 35.6 Å². The summed E-state index contributed by atoms with van der Waals surface area (Å²) < 4.78 is 41.2. The first kappa shape index (κ1) is 17.9. The quantitative estimate of drug-likeness (QED) is 0.706. The minimum atomic E-state index is -3.10. The maximum atomic E-state index is 13.0. The average molecular weight is 343 g/mol. The number of rotatable bonds is 7. The fourth-order valence-electron chi connectivity index (χ4n) is 2.73. The van der Waals surface area contributed by atoms with Crippen LogP contribution >= 0.6 is 0 Å². The number of hydrogen-bond acceptors (Lipinski definition) is 4. The molecule has 0 aliphatic carbocycles. The highest BCUT2D eigenvalue weighted by Crippen LogP contribution is 2.22. The van der Waals surface area contributed by atoms with Gasteiger partial charge in [-0.05, 0) is 30.5 Å². The van der Waals surface area contributed by atoms with Crippen LogP contribution in [0.25, 0.3) is 0 Å². The van der Waals surface area contributed by atoms with Crippen molar-refractivity contribution in [2.45, 2.75) is 19.4 Å². The number of amides is 1. The number of halogens is 1. The molecule has 0 saturated carbocycles. The van der Waals surface area contributed by atoms with Gasteiger partial charge in [-0.1, -0.05) is 12.1 Å². The highest BCUT2D eigenvalue weighted by molar-refractivity contribution is 7.91. The van der Waals surface area contributed by atoms with Gasteiger partial charge in [0.25, 0.3) is 0 Å². The predicted octanol–water partition coefficient (Wildman–Crippen LogP) is 1.63. The normalized spacial score (nSPS) is 19.7. The van der Waals surface area contributed by atoms with Gasteiger partial charge in [0.05, 0.1) is 17.4 Å². The smallest absolute Gasteiger partial charge is 0.227 e. The fourth-order valence-corrected chi connectivity index (χ4v) is 4.46. The molecule has 1 unspecified atom stereocenters. The Morgan fingerprint density at radius 1 is 1.35 bits per heavy atom. The minimum Gasteiger partial charge on any atom is -0.385 e. The van der Waals surface area contributed by atoms with Gasteiger partial charge in [0.1, 0.15) is 5.82 Å². The van der Waals surface area contributed by atoms with Crippen LogP contribution in [0.2, 0.25) is 0 Å². The molecule has 5 nitrogen and oxygen atoms in total. The van der Waals surface area contributed by atoms with E-state index in [-0.39, 0.29) is 23.2 Å². The molecule has 1 aromatic carbocycles.